The maximum atomic E-state index is 12.2. The Labute approximate surface area is 303 Å². The minimum absolute atomic E-state index is 0.207. The van der Waals surface area contributed by atoms with Crippen LogP contribution in [0, 0.1) is 5.92 Å². The van der Waals surface area contributed by atoms with Crippen molar-refractivity contribution in [3.8, 4) is 0 Å². The Morgan fingerprint density at radius 2 is 0.820 bits per heavy atom. The summed E-state index contributed by atoms with van der Waals surface area (Å²) in [5, 5.41) is 3.31. The van der Waals surface area contributed by atoms with Crippen LogP contribution in [0.1, 0.15) is 47.5 Å². The molecule has 0 aliphatic heterocycles. The highest BCUT2D eigenvalue weighted by Crippen LogP contribution is 2.17. The number of carbonyl (C=O) groups is 1. The van der Waals surface area contributed by atoms with Crippen LogP contribution < -0.4 is 5.32 Å². The molecule has 1 N–H and O–H groups in total. The van der Waals surface area contributed by atoms with Crippen LogP contribution in [0.3, 0.4) is 0 Å². The Morgan fingerprint density at radius 3 is 1.14 bits per heavy atom. The van der Waals surface area contributed by atoms with Gasteiger partial charge in [-0.05, 0) is 40.2 Å². The van der Waals surface area contributed by atoms with E-state index in [1.165, 1.54) is 0 Å². The third kappa shape index (κ3) is 33.0. The molecule has 300 valence electrons. The number of rotatable bonds is 42. The minimum Gasteiger partial charge on any atom is -0.463 e. The van der Waals surface area contributed by atoms with Gasteiger partial charge in [0.25, 0.3) is 0 Å². The first-order chi connectivity index (χ1) is 24.5. The fourth-order valence-corrected chi connectivity index (χ4v) is 6.79. The van der Waals surface area contributed by atoms with E-state index in [-0.39, 0.29) is 18.5 Å². The van der Waals surface area contributed by atoms with Crippen LogP contribution in [-0.2, 0) is 65.4 Å². The van der Waals surface area contributed by atoms with Crippen molar-refractivity contribution in [3.05, 3.63) is 0 Å². The average Bonchev–Trinajstić information content (AvgIpc) is 3.11. The number of ether oxygens (including phenoxy) is 10. The molecule has 0 spiro atoms. The number of nitrogens with one attached hydrogen (secondary N) is 1. The molecule has 0 aromatic rings. The second-order valence-corrected chi connectivity index (χ2v) is 13.6. The van der Waals surface area contributed by atoms with Gasteiger partial charge in [-0.3, -0.25) is 4.79 Å². The second-order valence-electron chi connectivity index (χ2n) is 10.9. The second kappa shape index (κ2) is 39.4. The summed E-state index contributed by atoms with van der Waals surface area (Å²) in [4.78, 5) is 12.2. The van der Waals surface area contributed by atoms with E-state index in [2.05, 4.69) is 12.2 Å². The average molecular weight is 746 g/mol. The molecule has 0 bridgehead atoms. The van der Waals surface area contributed by atoms with Crippen LogP contribution in [-0.4, -0.2) is 173 Å². The first-order valence-corrected chi connectivity index (χ1v) is 20.5. The lowest BCUT2D eigenvalue weighted by atomic mass is 10.2. The summed E-state index contributed by atoms with van der Waals surface area (Å²) in [5.74, 6) is -0.512. The van der Waals surface area contributed by atoms with Gasteiger partial charge in [0.15, 0.2) is 0 Å². The summed E-state index contributed by atoms with van der Waals surface area (Å²) in [6.45, 7) is 22.2. The van der Waals surface area contributed by atoms with Gasteiger partial charge in [0.2, 0.25) is 0 Å². The maximum absolute atomic E-state index is 12.2. The van der Waals surface area contributed by atoms with Crippen molar-refractivity contribution in [2.24, 2.45) is 5.92 Å². The largest absolute Gasteiger partial charge is 0.500 e. The number of hydrogen-bond acceptors (Lipinski definition) is 15. The zero-order chi connectivity index (χ0) is 36.6. The van der Waals surface area contributed by atoms with Crippen molar-refractivity contribution >= 4 is 14.8 Å². The number of esters is 1. The smallest absolute Gasteiger partial charge is 0.463 e. The van der Waals surface area contributed by atoms with Gasteiger partial charge in [0, 0.05) is 39.0 Å². The molecule has 0 aliphatic carbocycles. The monoisotopic (exact) mass is 745 g/mol. The van der Waals surface area contributed by atoms with E-state index >= 15 is 0 Å². The summed E-state index contributed by atoms with van der Waals surface area (Å²) < 4.78 is 72.0. The molecule has 0 fully saturated rings. The van der Waals surface area contributed by atoms with Crippen molar-refractivity contribution in [1.82, 2.24) is 5.32 Å². The van der Waals surface area contributed by atoms with Crippen LogP contribution in [0.2, 0.25) is 6.04 Å². The first kappa shape index (κ1) is 49.2. The lowest BCUT2D eigenvalue weighted by Gasteiger charge is -2.28. The van der Waals surface area contributed by atoms with Crippen LogP contribution >= 0.6 is 0 Å². The molecule has 0 radical (unpaired) electrons. The van der Waals surface area contributed by atoms with Crippen molar-refractivity contribution < 1.29 is 65.4 Å². The van der Waals surface area contributed by atoms with Crippen LogP contribution in [0.15, 0.2) is 0 Å². The van der Waals surface area contributed by atoms with E-state index in [9.17, 15) is 4.79 Å². The normalized spacial score (nSPS) is 12.5. The molecule has 0 saturated heterocycles. The summed E-state index contributed by atoms with van der Waals surface area (Å²) >= 11 is 0. The highest BCUT2D eigenvalue weighted by Gasteiger charge is 2.39. The van der Waals surface area contributed by atoms with Gasteiger partial charge in [0.05, 0.1) is 118 Å². The summed E-state index contributed by atoms with van der Waals surface area (Å²) in [6, 6.07) is 0.734. The predicted molar refractivity (Wildman–Crippen MR) is 191 cm³/mol. The topological polar surface area (TPSA) is 149 Å². The number of carbonyl (C=O) groups excluding carboxylic acids is 1. The zero-order valence-electron chi connectivity index (χ0n) is 31.9. The molecule has 0 amide bonds. The minimum atomic E-state index is -2.63. The van der Waals surface area contributed by atoms with E-state index < -0.39 is 8.80 Å². The third-order valence-corrected chi connectivity index (χ3v) is 9.73. The van der Waals surface area contributed by atoms with Crippen LogP contribution in [0.25, 0.3) is 0 Å². The zero-order valence-corrected chi connectivity index (χ0v) is 32.9. The van der Waals surface area contributed by atoms with Crippen LogP contribution in [0.4, 0.5) is 0 Å². The van der Waals surface area contributed by atoms with Gasteiger partial charge in [-0.25, -0.2) is 0 Å². The fourth-order valence-electron chi connectivity index (χ4n) is 4.18. The summed E-state index contributed by atoms with van der Waals surface area (Å²) in [6.07, 6.45) is 1.86. The molecule has 1 atom stereocenters. The molecular formula is C34H71NO14Si. The predicted octanol–water partition coefficient (Wildman–Crippen LogP) is 2.75. The molecule has 50 heavy (non-hydrogen) atoms. The van der Waals surface area contributed by atoms with E-state index in [4.69, 9.17) is 60.6 Å². The van der Waals surface area contributed by atoms with Crippen molar-refractivity contribution in [2.75, 3.05) is 158 Å². The van der Waals surface area contributed by atoms with Gasteiger partial charge < -0.3 is 66.0 Å². The molecule has 0 rings (SSSR count). The molecule has 0 aromatic heterocycles. The fraction of sp³-hybridized carbons (Fsp3) is 0.971. The molecule has 0 aromatic carbocycles. The van der Waals surface area contributed by atoms with E-state index in [1.54, 1.807) is 0 Å². The lowest BCUT2D eigenvalue weighted by molar-refractivity contribution is -0.149. The van der Waals surface area contributed by atoms with E-state index in [1.807, 2.05) is 27.7 Å². The lowest BCUT2D eigenvalue weighted by Crippen LogP contribution is -2.46. The molecule has 0 saturated carbocycles. The van der Waals surface area contributed by atoms with Crippen molar-refractivity contribution in [1.29, 1.82) is 0 Å². The van der Waals surface area contributed by atoms with Crippen LogP contribution in [0.5, 0.6) is 0 Å². The van der Waals surface area contributed by atoms with E-state index in [0.29, 0.717) is 139 Å². The highest BCUT2D eigenvalue weighted by molar-refractivity contribution is 6.60. The SMILES string of the molecule is CCCOCCOCCOCCOCCOCCOCCOCCOCCOCCOC(=O)C(C)CNCCC[Si](OCC)(OCC)OCC. The van der Waals surface area contributed by atoms with E-state index in [0.717, 1.165) is 32.0 Å². The Kier molecular flexibility index (Phi) is 38.7. The quantitative estimate of drug-likeness (QED) is 0.0554. The van der Waals surface area contributed by atoms with Gasteiger partial charge in [0.1, 0.15) is 6.61 Å². The Balaban J connectivity index is 3.39. The summed E-state index contributed by atoms with van der Waals surface area (Å²) in [5.41, 5.74) is 0. The number of hydrogen-bond donors (Lipinski definition) is 1. The molecule has 1 unspecified atom stereocenters. The molecule has 0 aliphatic rings. The highest BCUT2D eigenvalue weighted by atomic mass is 28.4. The Bertz CT molecular complexity index is 683. The summed E-state index contributed by atoms with van der Waals surface area (Å²) in [7, 11) is -2.63. The molecular weight excluding hydrogens is 674 g/mol. The molecule has 16 heteroatoms. The maximum Gasteiger partial charge on any atom is 0.500 e. The molecule has 0 heterocycles. The van der Waals surface area contributed by atoms with Crippen molar-refractivity contribution in [2.45, 2.75) is 53.5 Å². The van der Waals surface area contributed by atoms with Gasteiger partial charge in [-0.1, -0.05) is 13.8 Å². The molecule has 15 nitrogen and oxygen atoms in total. The van der Waals surface area contributed by atoms with Gasteiger partial charge in [-0.2, -0.15) is 0 Å². The Hall–Kier alpha value is -0.833. The van der Waals surface area contributed by atoms with Crippen molar-refractivity contribution in [3.63, 3.8) is 0 Å². The van der Waals surface area contributed by atoms with Gasteiger partial charge >= 0.3 is 14.8 Å². The first-order valence-electron chi connectivity index (χ1n) is 18.5. The Morgan fingerprint density at radius 1 is 0.500 bits per heavy atom. The standard InChI is InChI=1S/C34H71NO14Si/c1-6-12-37-13-14-38-15-16-39-17-18-40-19-20-41-21-22-42-23-24-43-25-26-44-27-28-45-29-30-46-34(36)33(5)32-35-11-10-31-50(47-7-2,48-8-3)49-9-4/h33,35H,6-32H2,1-5H3. The third-order valence-electron chi connectivity index (χ3n) is 6.58. The van der Waals surface area contributed by atoms with Gasteiger partial charge in [-0.15, -0.1) is 0 Å².